The van der Waals surface area contributed by atoms with Crippen LogP contribution in [0.4, 0.5) is 27.3 Å². The topological polar surface area (TPSA) is 45.2 Å². The molecule has 114 valence electrons. The summed E-state index contributed by atoms with van der Waals surface area (Å²) in [6.45, 7) is 0. The summed E-state index contributed by atoms with van der Waals surface area (Å²) in [6.07, 6.45) is 0. The number of halogens is 5. The van der Waals surface area contributed by atoms with Crippen LogP contribution in [0.3, 0.4) is 0 Å². The molecule has 3 nitrogen and oxygen atoms in total. The number of carbonyl (C=O) groups is 1. The summed E-state index contributed by atoms with van der Waals surface area (Å²) in [4.78, 5) is 15.1. The third kappa shape index (κ3) is 5.70. The van der Waals surface area contributed by atoms with E-state index in [1.807, 2.05) is 0 Å². The molecule has 0 heterocycles. The van der Waals surface area contributed by atoms with Gasteiger partial charge in [-0.25, -0.2) is 4.39 Å². The van der Waals surface area contributed by atoms with E-state index in [9.17, 15) is 26.4 Å². The summed E-state index contributed by atoms with van der Waals surface area (Å²) in [5.74, 6) is -0.708. The fourth-order valence-electron chi connectivity index (χ4n) is 1.51. The minimum absolute atomic E-state index is 0.196. The van der Waals surface area contributed by atoms with Gasteiger partial charge in [0.05, 0.1) is 0 Å². The maximum Gasteiger partial charge on any atom is 0.673 e. The first kappa shape index (κ1) is 17.3. The van der Waals surface area contributed by atoms with Crippen molar-refractivity contribution in [2.75, 3.05) is 0 Å². The second kappa shape index (κ2) is 7.31. The number of hydrogen-bond acceptors (Lipinski definition) is 2. The van der Waals surface area contributed by atoms with E-state index in [-0.39, 0.29) is 17.0 Å². The van der Waals surface area contributed by atoms with E-state index in [4.69, 9.17) is 5.39 Å². The molecule has 0 aliphatic heterocycles. The second-order valence-corrected chi connectivity index (χ2v) is 3.95. The molecule has 0 saturated carbocycles. The molecule has 9 heteroatoms. The van der Waals surface area contributed by atoms with Crippen LogP contribution in [0, 0.1) is 11.2 Å². The van der Waals surface area contributed by atoms with Crippen LogP contribution >= 0.6 is 0 Å². The first-order valence-corrected chi connectivity index (χ1v) is 5.84. The van der Waals surface area contributed by atoms with Crippen LogP contribution in [0.5, 0.6) is 0 Å². The zero-order valence-corrected chi connectivity index (χ0v) is 10.9. The lowest BCUT2D eigenvalue weighted by Crippen LogP contribution is -2.02. The zero-order chi connectivity index (χ0) is 16.8. The van der Waals surface area contributed by atoms with Crippen molar-refractivity contribution in [3.63, 3.8) is 0 Å². The summed E-state index contributed by atoms with van der Waals surface area (Å²) in [6, 6.07) is 11.6. The third-order valence-electron chi connectivity index (χ3n) is 2.36. The van der Waals surface area contributed by atoms with Gasteiger partial charge in [-0.2, -0.15) is 0 Å². The molecule has 2 aromatic carbocycles. The molecule has 0 spiro atoms. The number of rotatable bonds is 2. The molecule has 0 aliphatic carbocycles. The summed E-state index contributed by atoms with van der Waals surface area (Å²) in [7, 11) is -6.00. The van der Waals surface area contributed by atoms with Gasteiger partial charge < -0.3 is 17.3 Å². The molecule has 0 aromatic heterocycles. The monoisotopic (exact) mass is 314 g/mol. The third-order valence-corrected chi connectivity index (χ3v) is 2.36. The van der Waals surface area contributed by atoms with E-state index in [0.29, 0.717) is 5.56 Å². The molecule has 0 saturated heterocycles. The standard InChI is InChI=1S/C13H8FN2O.BF4/c14-10-7-5-9(6-8-10)13(17)11-3-1-2-4-12(11)16-15;2-1(3,4)5/h1-8H;/q+1;-1. The quantitative estimate of drug-likeness (QED) is 0.344. The van der Waals surface area contributed by atoms with Gasteiger partial charge in [0.25, 0.3) is 0 Å². The van der Waals surface area contributed by atoms with Gasteiger partial charge in [-0.1, -0.05) is 12.1 Å². The van der Waals surface area contributed by atoms with Crippen LogP contribution in [0.15, 0.2) is 48.5 Å². The van der Waals surface area contributed by atoms with Gasteiger partial charge in [0.1, 0.15) is 11.4 Å². The maximum atomic E-state index is 12.7. The van der Waals surface area contributed by atoms with Crippen LogP contribution in [0.1, 0.15) is 15.9 Å². The van der Waals surface area contributed by atoms with Gasteiger partial charge in [0.15, 0.2) is 4.98 Å². The molecular weight excluding hydrogens is 306 g/mol. The Morgan fingerprint density at radius 1 is 0.955 bits per heavy atom. The zero-order valence-electron chi connectivity index (χ0n) is 10.9. The van der Waals surface area contributed by atoms with E-state index in [1.165, 1.54) is 30.3 Å². The maximum absolute atomic E-state index is 12.7. The van der Waals surface area contributed by atoms with Crippen molar-refractivity contribution in [1.82, 2.24) is 0 Å². The van der Waals surface area contributed by atoms with E-state index in [2.05, 4.69) is 4.98 Å². The first-order chi connectivity index (χ1) is 10.2. The normalized spacial score (nSPS) is 10.2. The molecule has 0 unspecified atom stereocenters. The highest BCUT2D eigenvalue weighted by atomic mass is 19.5. The average molecular weight is 314 g/mol. The largest absolute Gasteiger partial charge is 0.673 e. The molecule has 0 aliphatic rings. The minimum Gasteiger partial charge on any atom is -0.418 e. The van der Waals surface area contributed by atoms with Crippen molar-refractivity contribution in [3.8, 4) is 0 Å². The number of benzene rings is 2. The first-order valence-electron chi connectivity index (χ1n) is 5.84. The van der Waals surface area contributed by atoms with E-state index < -0.39 is 13.1 Å². The summed E-state index contributed by atoms with van der Waals surface area (Å²) in [5.41, 5.74) is 0.825. The van der Waals surface area contributed by atoms with Crippen LogP contribution in [0.25, 0.3) is 4.98 Å². The van der Waals surface area contributed by atoms with Crippen LogP contribution in [-0.2, 0) is 0 Å². The van der Waals surface area contributed by atoms with Gasteiger partial charge in [0.2, 0.25) is 11.2 Å². The van der Waals surface area contributed by atoms with Crippen molar-refractivity contribution in [2.45, 2.75) is 0 Å². The van der Waals surface area contributed by atoms with Crippen molar-refractivity contribution >= 4 is 18.7 Å². The molecule has 0 amide bonds. The number of nitrogens with zero attached hydrogens (tertiary/aromatic N) is 2. The molecule has 0 radical (unpaired) electrons. The predicted octanol–water partition coefficient (Wildman–Crippen LogP) is 4.84. The van der Waals surface area contributed by atoms with Crippen molar-refractivity contribution in [3.05, 3.63) is 70.5 Å². The Kier molecular flexibility index (Phi) is 5.75. The van der Waals surface area contributed by atoms with Gasteiger partial charge in [-0.3, -0.25) is 4.79 Å². The van der Waals surface area contributed by atoms with Gasteiger partial charge >= 0.3 is 12.9 Å². The fraction of sp³-hybridized carbons (Fsp3) is 0. The Morgan fingerprint density at radius 2 is 1.45 bits per heavy atom. The van der Waals surface area contributed by atoms with E-state index in [1.54, 1.807) is 18.2 Å². The van der Waals surface area contributed by atoms with Crippen LogP contribution < -0.4 is 0 Å². The number of diazo groups is 1. The molecule has 0 atom stereocenters. The molecule has 0 N–H and O–H groups in total. The summed E-state index contributed by atoms with van der Waals surface area (Å²) in [5, 5.41) is 8.77. The smallest absolute Gasteiger partial charge is 0.418 e. The number of hydrogen-bond donors (Lipinski definition) is 0. The molecule has 2 aromatic rings. The Bertz CT molecular complexity index is 689. The molecule has 2 rings (SSSR count). The Morgan fingerprint density at radius 3 is 1.95 bits per heavy atom. The van der Waals surface area contributed by atoms with Gasteiger partial charge in [-0.05, 0) is 30.3 Å². The van der Waals surface area contributed by atoms with Crippen LogP contribution in [-0.4, -0.2) is 13.0 Å². The minimum atomic E-state index is -6.00. The highest BCUT2D eigenvalue weighted by Gasteiger charge is 2.21. The fourth-order valence-corrected chi connectivity index (χ4v) is 1.51. The Hall–Kier alpha value is -2.76. The summed E-state index contributed by atoms with van der Waals surface area (Å²) >= 11 is 0. The van der Waals surface area contributed by atoms with Crippen molar-refractivity contribution in [1.29, 1.82) is 5.39 Å². The SMILES string of the molecule is F[B-](F)(F)F.N#[N+]c1ccccc1C(=O)c1ccc(F)cc1. The highest BCUT2D eigenvalue weighted by molar-refractivity contribution is 6.50. The van der Waals surface area contributed by atoms with Gasteiger partial charge in [-0.15, -0.1) is 0 Å². The Labute approximate surface area is 122 Å². The van der Waals surface area contributed by atoms with E-state index in [0.717, 1.165) is 0 Å². The van der Waals surface area contributed by atoms with Crippen molar-refractivity contribution < 1.29 is 26.4 Å². The van der Waals surface area contributed by atoms with Crippen molar-refractivity contribution in [2.24, 2.45) is 0 Å². The summed E-state index contributed by atoms with van der Waals surface area (Å²) < 4.78 is 51.7. The average Bonchev–Trinajstić information content (AvgIpc) is 2.45. The van der Waals surface area contributed by atoms with E-state index >= 15 is 0 Å². The predicted molar refractivity (Wildman–Crippen MR) is 71.2 cm³/mol. The molecular formula is C13H8BF5N2O. The number of ketones is 1. The lowest BCUT2D eigenvalue weighted by atomic mass is 10.0. The van der Waals surface area contributed by atoms with Crippen LogP contribution in [0.2, 0.25) is 0 Å². The van der Waals surface area contributed by atoms with Gasteiger partial charge in [0, 0.05) is 11.6 Å². The Balaban J connectivity index is 0.000000422. The highest BCUT2D eigenvalue weighted by Crippen LogP contribution is 2.21. The lowest BCUT2D eigenvalue weighted by Gasteiger charge is -1.98. The molecule has 0 bridgehead atoms. The molecule has 22 heavy (non-hydrogen) atoms. The lowest BCUT2D eigenvalue weighted by molar-refractivity contribution is 0.103. The number of carbonyl (C=O) groups excluding carboxylic acids is 1. The second-order valence-electron chi connectivity index (χ2n) is 3.95. The molecule has 0 fully saturated rings.